The summed E-state index contributed by atoms with van der Waals surface area (Å²) in [4.78, 5) is 0. The molecule has 0 amide bonds. The van der Waals surface area contributed by atoms with Crippen LogP contribution in [0.25, 0.3) is 0 Å². The fourth-order valence-electron chi connectivity index (χ4n) is 2.95. The number of nitrogens with one attached hydrogen (secondary N) is 1. The number of halogens is 2. The highest BCUT2D eigenvalue weighted by Gasteiger charge is 2.32. The number of ether oxygens (including phenoxy) is 1. The molecule has 3 rings (SSSR count). The van der Waals surface area contributed by atoms with Crippen molar-refractivity contribution in [2.24, 2.45) is 7.05 Å². The van der Waals surface area contributed by atoms with Crippen molar-refractivity contribution in [3.8, 4) is 0 Å². The molecule has 2 heterocycles. The SMILES string of the molecule is Cn1cc([C@H]2OCCC[C@@H]2NS(=O)(=O)Cc2c(F)cccc2F)cn1. The largest absolute Gasteiger partial charge is 0.372 e. The maximum atomic E-state index is 13.7. The van der Waals surface area contributed by atoms with Crippen LogP contribution in [0.2, 0.25) is 0 Å². The van der Waals surface area contributed by atoms with E-state index in [2.05, 4.69) is 9.82 Å². The van der Waals surface area contributed by atoms with Gasteiger partial charge in [-0.15, -0.1) is 0 Å². The molecule has 0 saturated carbocycles. The normalized spacial score (nSPS) is 21.4. The molecule has 0 spiro atoms. The Balaban J connectivity index is 1.78. The molecule has 0 radical (unpaired) electrons. The maximum Gasteiger partial charge on any atom is 0.216 e. The second-order valence-corrected chi connectivity index (χ2v) is 7.82. The van der Waals surface area contributed by atoms with Crippen molar-refractivity contribution in [1.82, 2.24) is 14.5 Å². The predicted molar refractivity (Wildman–Crippen MR) is 87.0 cm³/mol. The number of aromatic nitrogens is 2. The van der Waals surface area contributed by atoms with Crippen LogP contribution in [-0.2, 0) is 27.6 Å². The maximum absolute atomic E-state index is 13.7. The average molecular weight is 371 g/mol. The third-order valence-electron chi connectivity index (χ3n) is 4.10. The van der Waals surface area contributed by atoms with Crippen LogP contribution in [-0.4, -0.2) is 30.8 Å². The number of aryl methyl sites for hydroxylation is 1. The molecule has 9 heteroatoms. The quantitative estimate of drug-likeness (QED) is 0.873. The van der Waals surface area contributed by atoms with E-state index in [1.54, 1.807) is 24.1 Å². The molecule has 1 fully saturated rings. The van der Waals surface area contributed by atoms with Crippen molar-refractivity contribution in [1.29, 1.82) is 0 Å². The van der Waals surface area contributed by atoms with E-state index < -0.39 is 45.1 Å². The standard InChI is InChI=1S/C16H19F2N3O3S/c1-21-9-11(8-19-21)16-15(6-3-7-24-16)20-25(22,23)10-12-13(17)4-2-5-14(12)18/h2,4-5,8-9,15-16,20H,3,6-7,10H2,1H3/t15-,16+/m0/s1. The molecule has 1 aliphatic rings. The second kappa shape index (κ2) is 7.19. The van der Waals surface area contributed by atoms with Crippen LogP contribution in [0, 0.1) is 11.6 Å². The van der Waals surface area contributed by atoms with E-state index in [1.165, 1.54) is 6.07 Å². The van der Waals surface area contributed by atoms with E-state index >= 15 is 0 Å². The number of nitrogens with zero attached hydrogens (tertiary/aromatic N) is 2. The fraction of sp³-hybridized carbons (Fsp3) is 0.438. The first-order valence-corrected chi connectivity index (χ1v) is 9.54. The van der Waals surface area contributed by atoms with Gasteiger partial charge in [-0.2, -0.15) is 5.10 Å². The lowest BCUT2D eigenvalue weighted by Gasteiger charge is -2.31. The van der Waals surface area contributed by atoms with E-state index in [0.717, 1.165) is 17.7 Å². The van der Waals surface area contributed by atoms with Gasteiger partial charge in [-0.05, 0) is 25.0 Å². The first kappa shape index (κ1) is 18.0. The second-order valence-electron chi connectivity index (χ2n) is 6.06. The molecule has 0 unspecified atom stereocenters. The molecule has 0 bridgehead atoms. The van der Waals surface area contributed by atoms with E-state index in [4.69, 9.17) is 4.74 Å². The first-order valence-electron chi connectivity index (χ1n) is 7.89. The van der Waals surface area contributed by atoms with Crippen molar-refractivity contribution >= 4 is 10.0 Å². The molecule has 2 aromatic rings. The molecule has 25 heavy (non-hydrogen) atoms. The van der Waals surface area contributed by atoms with Gasteiger partial charge in [0.25, 0.3) is 0 Å². The van der Waals surface area contributed by atoms with Crippen LogP contribution in [0.4, 0.5) is 8.78 Å². The minimum atomic E-state index is -3.95. The summed E-state index contributed by atoms with van der Waals surface area (Å²) in [6.07, 6.45) is 4.15. The van der Waals surface area contributed by atoms with E-state index in [9.17, 15) is 17.2 Å². The average Bonchev–Trinajstić information content (AvgIpc) is 2.98. The highest BCUT2D eigenvalue weighted by atomic mass is 32.2. The molecule has 1 aromatic carbocycles. The minimum Gasteiger partial charge on any atom is -0.372 e. The molecule has 1 saturated heterocycles. The van der Waals surface area contributed by atoms with Crippen molar-refractivity contribution in [3.05, 3.63) is 53.4 Å². The van der Waals surface area contributed by atoms with Crippen molar-refractivity contribution in [2.45, 2.75) is 30.7 Å². The summed E-state index contributed by atoms with van der Waals surface area (Å²) < 4.78 is 62.2. The van der Waals surface area contributed by atoms with Gasteiger partial charge in [0, 0.05) is 31.0 Å². The van der Waals surface area contributed by atoms with Gasteiger partial charge in [0.05, 0.1) is 18.0 Å². The Morgan fingerprint density at radius 3 is 2.72 bits per heavy atom. The lowest BCUT2D eigenvalue weighted by Crippen LogP contribution is -2.43. The van der Waals surface area contributed by atoms with Crippen LogP contribution in [0.5, 0.6) is 0 Å². The Hall–Kier alpha value is -1.84. The minimum absolute atomic E-state index is 0.468. The number of sulfonamides is 1. The van der Waals surface area contributed by atoms with Crippen LogP contribution < -0.4 is 4.72 Å². The summed E-state index contributed by atoms with van der Waals surface area (Å²) in [6, 6.07) is 2.76. The molecule has 136 valence electrons. The summed E-state index contributed by atoms with van der Waals surface area (Å²) >= 11 is 0. The number of hydrogen-bond acceptors (Lipinski definition) is 4. The van der Waals surface area contributed by atoms with Gasteiger partial charge in [-0.25, -0.2) is 21.9 Å². The zero-order valence-corrected chi connectivity index (χ0v) is 14.5. The summed E-state index contributed by atoms with van der Waals surface area (Å²) in [7, 11) is -2.19. The molecule has 1 N–H and O–H groups in total. The lowest BCUT2D eigenvalue weighted by atomic mass is 9.99. The fourth-order valence-corrected chi connectivity index (χ4v) is 4.39. The van der Waals surface area contributed by atoms with Gasteiger partial charge < -0.3 is 4.74 Å². The Labute approximate surface area is 144 Å². The third-order valence-corrected chi connectivity index (χ3v) is 5.43. The van der Waals surface area contributed by atoms with Crippen molar-refractivity contribution < 1.29 is 21.9 Å². The Morgan fingerprint density at radius 1 is 1.36 bits per heavy atom. The first-order chi connectivity index (χ1) is 11.9. The number of hydrogen-bond donors (Lipinski definition) is 1. The van der Waals surface area contributed by atoms with Crippen molar-refractivity contribution in [3.63, 3.8) is 0 Å². The van der Waals surface area contributed by atoms with Gasteiger partial charge in [0.2, 0.25) is 10.0 Å². The summed E-state index contributed by atoms with van der Waals surface area (Å²) in [5.41, 5.74) is 0.289. The van der Waals surface area contributed by atoms with E-state index in [-0.39, 0.29) is 0 Å². The van der Waals surface area contributed by atoms with Crippen LogP contribution in [0.15, 0.2) is 30.6 Å². The van der Waals surface area contributed by atoms with Crippen LogP contribution in [0.3, 0.4) is 0 Å². The van der Waals surface area contributed by atoms with Gasteiger partial charge >= 0.3 is 0 Å². The zero-order chi connectivity index (χ0) is 18.0. The smallest absolute Gasteiger partial charge is 0.216 e. The van der Waals surface area contributed by atoms with E-state index in [1.807, 2.05) is 0 Å². The molecule has 1 aliphatic heterocycles. The number of rotatable bonds is 5. The zero-order valence-electron chi connectivity index (χ0n) is 13.7. The van der Waals surface area contributed by atoms with Gasteiger partial charge in [-0.3, -0.25) is 4.68 Å². The predicted octanol–water partition coefficient (Wildman–Crippen LogP) is 2.04. The van der Waals surface area contributed by atoms with Crippen LogP contribution in [0.1, 0.15) is 30.1 Å². The highest BCUT2D eigenvalue weighted by Crippen LogP contribution is 2.29. The molecular formula is C16H19F2N3O3S. The third kappa shape index (κ3) is 4.23. The molecule has 6 nitrogen and oxygen atoms in total. The molecule has 2 atom stereocenters. The Kier molecular flexibility index (Phi) is 5.16. The summed E-state index contributed by atoms with van der Waals surface area (Å²) in [5, 5.41) is 4.07. The summed E-state index contributed by atoms with van der Waals surface area (Å²) in [5.74, 6) is -2.52. The highest BCUT2D eigenvalue weighted by molar-refractivity contribution is 7.88. The van der Waals surface area contributed by atoms with Gasteiger partial charge in [0.15, 0.2) is 0 Å². The van der Waals surface area contributed by atoms with Gasteiger partial charge in [0.1, 0.15) is 17.7 Å². The van der Waals surface area contributed by atoms with E-state index in [0.29, 0.717) is 19.4 Å². The summed E-state index contributed by atoms with van der Waals surface area (Å²) in [6.45, 7) is 0.514. The molecule has 1 aromatic heterocycles. The van der Waals surface area contributed by atoms with Gasteiger partial charge in [-0.1, -0.05) is 6.07 Å². The monoisotopic (exact) mass is 371 g/mol. The topological polar surface area (TPSA) is 73.2 Å². The van der Waals surface area contributed by atoms with Crippen LogP contribution >= 0.6 is 0 Å². The molecular weight excluding hydrogens is 352 g/mol. The Bertz CT molecular complexity index is 834. The lowest BCUT2D eigenvalue weighted by molar-refractivity contribution is -0.00448. The number of benzene rings is 1. The molecule has 0 aliphatic carbocycles. The Morgan fingerprint density at radius 2 is 2.08 bits per heavy atom. The van der Waals surface area contributed by atoms with Crippen molar-refractivity contribution in [2.75, 3.05) is 6.61 Å².